The molecule has 36 heavy (non-hydrogen) atoms. The summed E-state index contributed by atoms with van der Waals surface area (Å²) in [5.41, 5.74) is 1.97. The number of anilines is 4. The van der Waals surface area contributed by atoms with Gasteiger partial charge in [0.05, 0.1) is 34.6 Å². The Morgan fingerprint density at radius 1 is 1.17 bits per heavy atom. The molecule has 0 radical (unpaired) electrons. The van der Waals surface area contributed by atoms with Crippen molar-refractivity contribution in [1.29, 1.82) is 0 Å². The fourth-order valence-electron chi connectivity index (χ4n) is 4.76. The Labute approximate surface area is 214 Å². The van der Waals surface area contributed by atoms with Crippen LogP contribution >= 0.6 is 11.6 Å². The van der Waals surface area contributed by atoms with Crippen LogP contribution in [0.4, 0.5) is 27.3 Å². The Hall–Kier alpha value is -3.36. The molecule has 1 aromatic heterocycles. The summed E-state index contributed by atoms with van der Waals surface area (Å²) in [6.45, 7) is 5.06. The molecular weight excluding hydrogens is 483 g/mol. The van der Waals surface area contributed by atoms with E-state index in [2.05, 4.69) is 10.3 Å². The molecule has 0 atom stereocenters. The number of carbonyl (C=O) groups is 1. The van der Waals surface area contributed by atoms with Gasteiger partial charge in [-0.25, -0.2) is 9.37 Å². The molecule has 188 valence electrons. The summed E-state index contributed by atoms with van der Waals surface area (Å²) >= 11 is 6.37. The highest BCUT2D eigenvalue weighted by Gasteiger charge is 2.27. The number of pyridine rings is 1. The summed E-state index contributed by atoms with van der Waals surface area (Å²) in [6.07, 6.45) is 3.64. The van der Waals surface area contributed by atoms with Crippen LogP contribution in [-0.4, -0.2) is 49.8 Å². The Bertz CT molecular complexity index is 1250. The summed E-state index contributed by atoms with van der Waals surface area (Å²) in [6, 6.07) is 13.7. The fraction of sp³-hybridized carbons (Fsp3) is 0.333. The maximum Gasteiger partial charge on any atom is 0.259 e. The highest BCUT2D eigenvalue weighted by Crippen LogP contribution is 2.40. The molecule has 2 aliphatic heterocycles. The largest absolute Gasteiger partial charge is 0.489 e. The van der Waals surface area contributed by atoms with Crippen molar-refractivity contribution in [2.45, 2.75) is 25.9 Å². The normalized spacial score (nSPS) is 15.9. The molecule has 0 saturated carbocycles. The second kappa shape index (κ2) is 10.7. The van der Waals surface area contributed by atoms with Gasteiger partial charge in [-0.05, 0) is 62.2 Å². The SMILES string of the molecule is CCOC1CCN(c2ccc(NC(=O)c3cccc4c3OCCN4c3ncccc3Cl)cc2F)CC1. The molecule has 1 saturated heterocycles. The second-order valence-electron chi connectivity index (χ2n) is 8.72. The van der Waals surface area contributed by atoms with Gasteiger partial charge in [0.1, 0.15) is 12.4 Å². The van der Waals surface area contributed by atoms with E-state index in [0.29, 0.717) is 59.0 Å². The van der Waals surface area contributed by atoms with E-state index in [-0.39, 0.29) is 17.8 Å². The Morgan fingerprint density at radius 3 is 2.75 bits per heavy atom. The van der Waals surface area contributed by atoms with Crippen molar-refractivity contribution in [3.63, 3.8) is 0 Å². The van der Waals surface area contributed by atoms with Crippen molar-refractivity contribution in [1.82, 2.24) is 4.98 Å². The van der Waals surface area contributed by atoms with E-state index in [1.54, 1.807) is 42.6 Å². The van der Waals surface area contributed by atoms with Crippen LogP contribution in [0.5, 0.6) is 5.75 Å². The highest BCUT2D eigenvalue weighted by molar-refractivity contribution is 6.33. The number of para-hydroxylation sites is 1. The van der Waals surface area contributed by atoms with Crippen LogP contribution in [0.1, 0.15) is 30.1 Å². The number of amides is 1. The minimum Gasteiger partial charge on any atom is -0.489 e. The summed E-state index contributed by atoms with van der Waals surface area (Å²) in [5, 5.41) is 3.32. The van der Waals surface area contributed by atoms with E-state index in [1.807, 2.05) is 22.8 Å². The number of fused-ring (bicyclic) bond motifs is 1. The number of aromatic nitrogens is 1. The van der Waals surface area contributed by atoms with Crippen LogP contribution in [0.3, 0.4) is 0 Å². The zero-order chi connectivity index (χ0) is 25.1. The molecule has 3 heterocycles. The van der Waals surface area contributed by atoms with Crippen molar-refractivity contribution in [2.24, 2.45) is 0 Å². The summed E-state index contributed by atoms with van der Waals surface area (Å²) < 4.78 is 26.6. The highest BCUT2D eigenvalue weighted by atomic mass is 35.5. The number of hydrogen-bond donors (Lipinski definition) is 1. The predicted molar refractivity (Wildman–Crippen MR) is 139 cm³/mol. The first-order chi connectivity index (χ1) is 17.5. The number of hydrogen-bond acceptors (Lipinski definition) is 6. The Balaban J connectivity index is 1.33. The average molecular weight is 511 g/mol. The molecule has 1 amide bonds. The standard InChI is InChI=1S/C27H28ClFN4O3/c1-2-35-19-10-13-32(14-11-19)23-9-8-18(17-22(23)29)31-27(34)20-5-3-7-24-25(20)36-16-15-33(24)26-21(28)6-4-12-30-26/h3-9,12,17,19H,2,10-11,13-16H2,1H3,(H,31,34). The molecule has 7 nitrogen and oxygen atoms in total. The average Bonchev–Trinajstić information content (AvgIpc) is 2.89. The van der Waals surface area contributed by atoms with Crippen molar-refractivity contribution < 1.29 is 18.7 Å². The van der Waals surface area contributed by atoms with Crippen LogP contribution in [0.25, 0.3) is 0 Å². The molecule has 0 aliphatic carbocycles. The zero-order valence-corrected chi connectivity index (χ0v) is 20.8. The maximum atomic E-state index is 15.0. The molecule has 2 aliphatic rings. The minimum atomic E-state index is -0.384. The topological polar surface area (TPSA) is 66.9 Å². The number of halogens is 2. The van der Waals surface area contributed by atoms with Crippen LogP contribution in [0, 0.1) is 5.82 Å². The third kappa shape index (κ3) is 4.96. The van der Waals surface area contributed by atoms with Gasteiger partial charge in [-0.1, -0.05) is 17.7 Å². The molecule has 0 spiro atoms. The maximum absolute atomic E-state index is 15.0. The first kappa shape index (κ1) is 24.3. The molecule has 9 heteroatoms. The number of ether oxygens (including phenoxy) is 2. The van der Waals surface area contributed by atoms with Gasteiger partial charge >= 0.3 is 0 Å². The van der Waals surface area contributed by atoms with Crippen LogP contribution in [0.2, 0.25) is 5.02 Å². The van der Waals surface area contributed by atoms with Crippen LogP contribution < -0.4 is 19.9 Å². The van der Waals surface area contributed by atoms with E-state index in [9.17, 15) is 4.79 Å². The van der Waals surface area contributed by atoms with E-state index < -0.39 is 0 Å². The van der Waals surface area contributed by atoms with Gasteiger partial charge in [0.15, 0.2) is 11.6 Å². The summed E-state index contributed by atoms with van der Waals surface area (Å²) in [7, 11) is 0. The zero-order valence-electron chi connectivity index (χ0n) is 20.0. The number of rotatable bonds is 6. The Kier molecular flexibility index (Phi) is 7.25. The van der Waals surface area contributed by atoms with E-state index in [1.165, 1.54) is 6.07 Å². The number of nitrogens with zero attached hydrogens (tertiary/aromatic N) is 3. The molecule has 3 aromatic rings. The van der Waals surface area contributed by atoms with Crippen LogP contribution in [-0.2, 0) is 4.74 Å². The van der Waals surface area contributed by atoms with Crippen LogP contribution in [0.15, 0.2) is 54.7 Å². The van der Waals surface area contributed by atoms with Crippen molar-refractivity contribution in [2.75, 3.05) is 48.0 Å². The lowest BCUT2D eigenvalue weighted by Crippen LogP contribution is -2.37. The summed E-state index contributed by atoms with van der Waals surface area (Å²) in [5.74, 6) is 0.289. The fourth-order valence-corrected chi connectivity index (χ4v) is 4.99. The lowest BCUT2D eigenvalue weighted by Gasteiger charge is -2.33. The van der Waals surface area contributed by atoms with Gasteiger partial charge < -0.3 is 24.6 Å². The summed E-state index contributed by atoms with van der Waals surface area (Å²) in [4.78, 5) is 21.5. The van der Waals surface area contributed by atoms with Crippen molar-refractivity contribution in [3.8, 4) is 5.75 Å². The number of piperidine rings is 1. The second-order valence-corrected chi connectivity index (χ2v) is 9.13. The third-order valence-electron chi connectivity index (χ3n) is 6.48. The van der Waals surface area contributed by atoms with Gasteiger partial charge in [-0.3, -0.25) is 4.79 Å². The predicted octanol–water partition coefficient (Wildman–Crippen LogP) is 5.66. The quantitative estimate of drug-likeness (QED) is 0.461. The molecular formula is C27H28ClFN4O3. The molecule has 1 N–H and O–H groups in total. The molecule has 0 bridgehead atoms. The van der Waals surface area contributed by atoms with Gasteiger partial charge in [0.25, 0.3) is 5.91 Å². The van der Waals surface area contributed by atoms with E-state index >= 15 is 4.39 Å². The van der Waals surface area contributed by atoms with E-state index in [4.69, 9.17) is 21.1 Å². The van der Waals surface area contributed by atoms with Crippen molar-refractivity contribution in [3.05, 3.63) is 71.1 Å². The first-order valence-electron chi connectivity index (χ1n) is 12.2. The smallest absolute Gasteiger partial charge is 0.259 e. The molecule has 2 aromatic carbocycles. The van der Waals surface area contributed by atoms with E-state index in [0.717, 1.165) is 25.9 Å². The van der Waals surface area contributed by atoms with Crippen molar-refractivity contribution >= 4 is 40.4 Å². The van der Waals surface area contributed by atoms with Gasteiger partial charge in [-0.2, -0.15) is 0 Å². The van der Waals surface area contributed by atoms with Gasteiger partial charge in [0, 0.05) is 31.6 Å². The molecule has 0 unspecified atom stereocenters. The van der Waals surface area contributed by atoms with Gasteiger partial charge in [0.2, 0.25) is 0 Å². The van der Waals surface area contributed by atoms with Gasteiger partial charge in [-0.15, -0.1) is 0 Å². The third-order valence-corrected chi connectivity index (χ3v) is 6.77. The lowest BCUT2D eigenvalue weighted by molar-refractivity contribution is 0.0458. The number of nitrogens with one attached hydrogen (secondary N) is 1. The molecule has 1 fully saturated rings. The first-order valence-corrected chi connectivity index (χ1v) is 12.5. The lowest BCUT2D eigenvalue weighted by atomic mass is 10.1. The number of benzene rings is 2. The molecule has 5 rings (SSSR count). The Morgan fingerprint density at radius 2 is 2.00 bits per heavy atom. The number of carbonyl (C=O) groups excluding carboxylic acids is 1. The minimum absolute atomic E-state index is 0.233. The monoisotopic (exact) mass is 510 g/mol.